The number of hydrogen-bond acceptors (Lipinski definition) is 4. The van der Waals surface area contributed by atoms with E-state index in [0.29, 0.717) is 22.3 Å². The van der Waals surface area contributed by atoms with Crippen molar-refractivity contribution in [2.45, 2.75) is 26.4 Å². The highest BCUT2D eigenvalue weighted by Crippen LogP contribution is 2.23. The summed E-state index contributed by atoms with van der Waals surface area (Å²) < 4.78 is 39.8. The number of likely N-dealkylation sites (N-methyl/N-ethyl adjacent to an activating group) is 1. The van der Waals surface area contributed by atoms with Gasteiger partial charge in [0.15, 0.2) is 0 Å². The highest BCUT2D eigenvalue weighted by molar-refractivity contribution is 9.10. The van der Waals surface area contributed by atoms with E-state index in [0.717, 1.165) is 10.6 Å². The van der Waals surface area contributed by atoms with Crippen LogP contribution in [0.25, 0.3) is 0 Å². The monoisotopic (exact) mass is 513 g/mol. The second-order valence-electron chi connectivity index (χ2n) is 6.97. The number of amides is 2. The van der Waals surface area contributed by atoms with Crippen molar-refractivity contribution >= 4 is 43.5 Å². The van der Waals surface area contributed by atoms with Crippen LogP contribution in [0.3, 0.4) is 0 Å². The lowest BCUT2D eigenvalue weighted by molar-refractivity contribution is -0.139. The third-order valence-electron chi connectivity index (χ3n) is 4.56. The molecule has 2 amide bonds. The van der Waals surface area contributed by atoms with Crippen LogP contribution in [0, 0.1) is 5.82 Å². The molecule has 1 N–H and O–H groups in total. The Bertz CT molecular complexity index is 1030. The number of nitrogens with one attached hydrogen (secondary N) is 1. The van der Waals surface area contributed by atoms with E-state index in [1.165, 1.54) is 29.2 Å². The van der Waals surface area contributed by atoms with Crippen molar-refractivity contribution < 1.29 is 22.4 Å². The van der Waals surface area contributed by atoms with Gasteiger partial charge in [0.1, 0.15) is 18.4 Å². The Kier molecular flexibility index (Phi) is 8.58. The number of halogens is 2. The summed E-state index contributed by atoms with van der Waals surface area (Å²) >= 11 is 3.30. The lowest BCUT2D eigenvalue weighted by Gasteiger charge is -2.31. The van der Waals surface area contributed by atoms with Crippen LogP contribution in [-0.2, 0) is 26.2 Å². The molecule has 0 radical (unpaired) electrons. The zero-order valence-electron chi connectivity index (χ0n) is 17.5. The molecule has 0 aromatic heterocycles. The Labute approximate surface area is 190 Å². The maximum absolute atomic E-state index is 13.3. The largest absolute Gasteiger partial charge is 0.355 e. The summed E-state index contributed by atoms with van der Waals surface area (Å²) in [7, 11) is -3.78. The summed E-state index contributed by atoms with van der Waals surface area (Å²) in [6, 6.07) is 11.3. The summed E-state index contributed by atoms with van der Waals surface area (Å²) in [5, 5.41) is 2.67. The molecule has 0 unspecified atom stereocenters. The van der Waals surface area contributed by atoms with E-state index in [4.69, 9.17) is 0 Å². The maximum Gasteiger partial charge on any atom is 0.244 e. The summed E-state index contributed by atoms with van der Waals surface area (Å²) in [6.45, 7) is 3.24. The molecule has 168 valence electrons. The molecule has 10 heteroatoms. The van der Waals surface area contributed by atoms with E-state index in [1.54, 1.807) is 38.1 Å². The molecule has 0 bridgehead atoms. The predicted octanol–water partition coefficient (Wildman–Crippen LogP) is 2.91. The van der Waals surface area contributed by atoms with Gasteiger partial charge in [-0.3, -0.25) is 13.9 Å². The first kappa shape index (κ1) is 24.8. The molecular formula is C21H25BrFN3O4S. The molecule has 0 heterocycles. The van der Waals surface area contributed by atoms with E-state index in [9.17, 15) is 22.4 Å². The molecule has 1 atom stereocenters. The number of rotatable bonds is 9. The fourth-order valence-corrected chi connectivity index (χ4v) is 4.16. The second kappa shape index (κ2) is 10.7. The first-order valence-corrected chi connectivity index (χ1v) is 12.2. The number of nitrogens with zero attached hydrogens (tertiary/aromatic N) is 2. The summed E-state index contributed by atoms with van der Waals surface area (Å²) in [5.74, 6) is -1.35. The molecular weight excluding hydrogens is 489 g/mol. The molecule has 0 spiro atoms. The molecule has 0 saturated heterocycles. The summed E-state index contributed by atoms with van der Waals surface area (Å²) in [6.07, 6.45) is 1.01. The Balaban J connectivity index is 2.37. The Morgan fingerprint density at radius 2 is 1.81 bits per heavy atom. The van der Waals surface area contributed by atoms with E-state index in [-0.39, 0.29) is 12.5 Å². The van der Waals surface area contributed by atoms with Gasteiger partial charge in [0.25, 0.3) is 0 Å². The second-order valence-corrected chi connectivity index (χ2v) is 9.79. The normalized spacial score (nSPS) is 12.2. The van der Waals surface area contributed by atoms with Crippen molar-refractivity contribution in [1.29, 1.82) is 0 Å². The molecule has 2 aromatic rings. The van der Waals surface area contributed by atoms with Gasteiger partial charge in [0, 0.05) is 17.6 Å². The molecule has 0 aliphatic rings. The van der Waals surface area contributed by atoms with Crippen molar-refractivity contribution in [3.63, 3.8) is 0 Å². The Morgan fingerprint density at radius 3 is 2.35 bits per heavy atom. The van der Waals surface area contributed by atoms with Gasteiger partial charge in [-0.25, -0.2) is 12.8 Å². The molecule has 31 heavy (non-hydrogen) atoms. The average Bonchev–Trinajstić information content (AvgIpc) is 2.70. The zero-order chi connectivity index (χ0) is 23.2. The maximum atomic E-state index is 13.3. The van der Waals surface area contributed by atoms with Crippen molar-refractivity contribution in [2.75, 3.05) is 23.7 Å². The molecule has 0 aliphatic heterocycles. The molecule has 0 fully saturated rings. The standard InChI is InChI=1S/C21H25BrFN3O4S/c1-4-24-21(28)15(2)25(13-16-8-10-18(23)11-9-16)20(27)14-26(31(3,29)30)19-7-5-6-17(22)12-19/h5-12,15H,4,13-14H2,1-3H3,(H,24,28)/t15-/m1/s1. The molecule has 2 rings (SSSR count). The smallest absolute Gasteiger partial charge is 0.244 e. The minimum absolute atomic E-state index is 0.0213. The van der Waals surface area contributed by atoms with Gasteiger partial charge in [-0.05, 0) is 49.7 Å². The van der Waals surface area contributed by atoms with E-state index >= 15 is 0 Å². The topological polar surface area (TPSA) is 86.8 Å². The lowest BCUT2D eigenvalue weighted by Crippen LogP contribution is -2.51. The predicted molar refractivity (Wildman–Crippen MR) is 121 cm³/mol. The minimum Gasteiger partial charge on any atom is -0.355 e. The van der Waals surface area contributed by atoms with Crippen molar-refractivity contribution in [1.82, 2.24) is 10.2 Å². The number of carbonyl (C=O) groups is 2. The quantitative estimate of drug-likeness (QED) is 0.558. The van der Waals surface area contributed by atoms with Crippen LogP contribution in [0.2, 0.25) is 0 Å². The van der Waals surface area contributed by atoms with Crippen molar-refractivity contribution in [3.05, 3.63) is 64.4 Å². The first-order valence-electron chi connectivity index (χ1n) is 9.57. The van der Waals surface area contributed by atoms with Crippen LogP contribution in [0.5, 0.6) is 0 Å². The van der Waals surface area contributed by atoms with E-state index in [2.05, 4.69) is 21.2 Å². The zero-order valence-corrected chi connectivity index (χ0v) is 19.9. The fourth-order valence-electron chi connectivity index (χ4n) is 2.94. The molecule has 2 aromatic carbocycles. The third-order valence-corrected chi connectivity index (χ3v) is 6.19. The van der Waals surface area contributed by atoms with Crippen molar-refractivity contribution in [2.24, 2.45) is 0 Å². The number of sulfonamides is 1. The Hall–Kier alpha value is -2.46. The van der Waals surface area contributed by atoms with Gasteiger partial charge in [0.05, 0.1) is 11.9 Å². The number of carbonyl (C=O) groups excluding carboxylic acids is 2. The van der Waals surface area contributed by atoms with Crippen LogP contribution in [0.4, 0.5) is 10.1 Å². The Morgan fingerprint density at radius 1 is 1.16 bits per heavy atom. The number of anilines is 1. The fraction of sp³-hybridized carbons (Fsp3) is 0.333. The lowest BCUT2D eigenvalue weighted by atomic mass is 10.1. The van der Waals surface area contributed by atoms with Gasteiger partial charge in [-0.1, -0.05) is 34.1 Å². The highest BCUT2D eigenvalue weighted by atomic mass is 79.9. The summed E-state index contributed by atoms with van der Waals surface area (Å²) in [5.41, 5.74) is 0.928. The minimum atomic E-state index is -3.78. The van der Waals surface area contributed by atoms with Crippen LogP contribution < -0.4 is 9.62 Å². The van der Waals surface area contributed by atoms with Gasteiger partial charge in [-0.15, -0.1) is 0 Å². The third kappa shape index (κ3) is 7.03. The molecule has 0 saturated carbocycles. The van der Waals surface area contributed by atoms with Crippen LogP contribution in [-0.4, -0.2) is 50.5 Å². The number of hydrogen-bond donors (Lipinski definition) is 1. The van der Waals surface area contributed by atoms with E-state index < -0.39 is 34.3 Å². The highest BCUT2D eigenvalue weighted by Gasteiger charge is 2.29. The SMILES string of the molecule is CCNC(=O)[C@@H](C)N(Cc1ccc(F)cc1)C(=O)CN(c1cccc(Br)c1)S(C)(=O)=O. The van der Waals surface area contributed by atoms with Crippen LogP contribution >= 0.6 is 15.9 Å². The first-order chi connectivity index (χ1) is 14.5. The molecule has 0 aliphatic carbocycles. The van der Waals surface area contributed by atoms with Crippen LogP contribution in [0.15, 0.2) is 53.0 Å². The van der Waals surface area contributed by atoms with Gasteiger partial charge < -0.3 is 10.2 Å². The van der Waals surface area contributed by atoms with Crippen LogP contribution in [0.1, 0.15) is 19.4 Å². The molecule has 7 nitrogen and oxygen atoms in total. The van der Waals surface area contributed by atoms with Gasteiger partial charge >= 0.3 is 0 Å². The van der Waals surface area contributed by atoms with Gasteiger partial charge in [-0.2, -0.15) is 0 Å². The van der Waals surface area contributed by atoms with Crippen molar-refractivity contribution in [3.8, 4) is 0 Å². The number of benzene rings is 2. The average molecular weight is 514 g/mol. The van der Waals surface area contributed by atoms with E-state index in [1.807, 2.05) is 0 Å². The van der Waals surface area contributed by atoms with Gasteiger partial charge in [0.2, 0.25) is 21.8 Å². The summed E-state index contributed by atoms with van der Waals surface area (Å²) in [4.78, 5) is 26.9.